The summed E-state index contributed by atoms with van der Waals surface area (Å²) in [5.74, 6) is 1.55. The number of hydrogen-bond donors (Lipinski definition) is 0. The highest BCUT2D eigenvalue weighted by atomic mass is 15.3. The van der Waals surface area contributed by atoms with E-state index < -0.39 is 0 Å². The molecule has 0 atom stereocenters. The van der Waals surface area contributed by atoms with Crippen molar-refractivity contribution in [1.82, 2.24) is 4.90 Å². The van der Waals surface area contributed by atoms with Crippen molar-refractivity contribution < 1.29 is 0 Å². The van der Waals surface area contributed by atoms with Crippen LogP contribution in [0, 0.1) is 11.8 Å². The molecule has 0 radical (unpaired) electrons. The minimum atomic E-state index is 0.736. The van der Waals surface area contributed by atoms with Crippen LogP contribution in [0.3, 0.4) is 0 Å². The fourth-order valence-electron chi connectivity index (χ4n) is 2.98. The van der Waals surface area contributed by atoms with Crippen LogP contribution in [0.4, 0.5) is 5.69 Å². The minimum Gasteiger partial charge on any atom is -0.369 e. The summed E-state index contributed by atoms with van der Waals surface area (Å²) in [6, 6.07) is 9.23. The molecular weight excluding hydrogens is 256 g/mol. The molecule has 1 fully saturated rings. The maximum atomic E-state index is 2.61. The van der Waals surface area contributed by atoms with Gasteiger partial charge in [-0.25, -0.2) is 0 Å². The van der Waals surface area contributed by atoms with Crippen LogP contribution < -0.4 is 4.90 Å². The topological polar surface area (TPSA) is 6.48 Å². The van der Waals surface area contributed by atoms with E-state index in [9.17, 15) is 0 Å². The number of hydrogen-bond acceptors (Lipinski definition) is 2. The van der Waals surface area contributed by atoms with Crippen LogP contribution in [0.2, 0.25) is 0 Å². The third-order valence-electron chi connectivity index (χ3n) is 4.34. The minimum absolute atomic E-state index is 0.736. The molecule has 0 aromatic heterocycles. The fraction of sp³-hybridized carbons (Fsp3) is 0.684. The molecular formula is C19H32N2. The second-order valence-electron chi connectivity index (χ2n) is 7.28. The summed E-state index contributed by atoms with van der Waals surface area (Å²) in [6.07, 6.45) is 2.51. The average molecular weight is 288 g/mol. The molecule has 2 heteroatoms. The molecule has 1 saturated heterocycles. The Hall–Kier alpha value is -1.02. The zero-order valence-electron chi connectivity index (χ0n) is 14.3. The third kappa shape index (κ3) is 5.35. The van der Waals surface area contributed by atoms with Gasteiger partial charge in [0.25, 0.3) is 0 Å². The van der Waals surface area contributed by atoms with Gasteiger partial charge in [-0.15, -0.1) is 0 Å². The summed E-state index contributed by atoms with van der Waals surface area (Å²) < 4.78 is 0. The Morgan fingerprint density at radius 3 is 2.00 bits per heavy atom. The zero-order chi connectivity index (χ0) is 15.2. The highest BCUT2D eigenvalue weighted by Crippen LogP contribution is 2.19. The van der Waals surface area contributed by atoms with Crippen molar-refractivity contribution in [3.05, 3.63) is 29.8 Å². The van der Waals surface area contributed by atoms with Gasteiger partial charge in [0.1, 0.15) is 0 Å². The molecule has 21 heavy (non-hydrogen) atoms. The van der Waals surface area contributed by atoms with Gasteiger partial charge in [-0.1, -0.05) is 39.8 Å². The largest absolute Gasteiger partial charge is 0.369 e. The van der Waals surface area contributed by atoms with Gasteiger partial charge in [-0.3, -0.25) is 4.90 Å². The number of piperazine rings is 1. The van der Waals surface area contributed by atoms with Crippen molar-refractivity contribution >= 4 is 5.69 Å². The molecule has 1 aromatic carbocycles. The molecule has 0 bridgehead atoms. The third-order valence-corrected chi connectivity index (χ3v) is 4.34. The fourth-order valence-corrected chi connectivity index (χ4v) is 2.98. The van der Waals surface area contributed by atoms with Crippen molar-refractivity contribution in [2.24, 2.45) is 11.8 Å². The molecule has 1 aliphatic heterocycles. The van der Waals surface area contributed by atoms with Crippen molar-refractivity contribution in [2.75, 3.05) is 37.6 Å². The summed E-state index contributed by atoms with van der Waals surface area (Å²) in [5.41, 5.74) is 2.86. The van der Waals surface area contributed by atoms with E-state index in [4.69, 9.17) is 0 Å². The van der Waals surface area contributed by atoms with E-state index >= 15 is 0 Å². The van der Waals surface area contributed by atoms with E-state index in [1.54, 1.807) is 0 Å². The molecule has 0 N–H and O–H groups in total. The lowest BCUT2D eigenvalue weighted by Gasteiger charge is -2.36. The van der Waals surface area contributed by atoms with Crippen LogP contribution in [-0.4, -0.2) is 37.6 Å². The van der Waals surface area contributed by atoms with Gasteiger partial charge < -0.3 is 4.90 Å². The zero-order valence-corrected chi connectivity index (χ0v) is 14.3. The van der Waals surface area contributed by atoms with Gasteiger partial charge in [0.05, 0.1) is 0 Å². The first-order valence-electron chi connectivity index (χ1n) is 8.61. The summed E-state index contributed by atoms with van der Waals surface area (Å²) in [7, 11) is 0. The number of nitrogens with zero attached hydrogens (tertiary/aromatic N) is 2. The lowest BCUT2D eigenvalue weighted by molar-refractivity contribution is 0.244. The molecule has 0 amide bonds. The van der Waals surface area contributed by atoms with Crippen molar-refractivity contribution in [3.63, 3.8) is 0 Å². The second-order valence-corrected chi connectivity index (χ2v) is 7.28. The number of rotatable bonds is 6. The first-order chi connectivity index (χ1) is 10.0. The maximum absolute atomic E-state index is 2.61. The Bertz CT molecular complexity index is 400. The predicted molar refractivity (Wildman–Crippen MR) is 93.1 cm³/mol. The molecule has 118 valence electrons. The molecule has 0 saturated carbocycles. The van der Waals surface area contributed by atoms with Crippen LogP contribution in [0.25, 0.3) is 0 Å². The van der Waals surface area contributed by atoms with E-state index in [0.717, 1.165) is 11.8 Å². The first kappa shape index (κ1) is 16.4. The van der Waals surface area contributed by atoms with Crippen LogP contribution in [0.1, 0.15) is 39.7 Å². The lowest BCUT2D eigenvalue weighted by atomic mass is 10.0. The normalized spacial score (nSPS) is 17.0. The smallest absolute Gasteiger partial charge is 0.0367 e. The summed E-state index contributed by atoms with van der Waals surface area (Å²) >= 11 is 0. The van der Waals surface area contributed by atoms with Gasteiger partial charge in [-0.2, -0.15) is 0 Å². The van der Waals surface area contributed by atoms with E-state index in [1.807, 2.05) is 0 Å². The SMILES string of the molecule is CC(C)CCN1CCN(c2ccc(CC(C)C)cc2)CC1. The van der Waals surface area contributed by atoms with Gasteiger partial charge in [0, 0.05) is 31.9 Å². The Kier molecular flexibility index (Phi) is 6.10. The Labute approximate surface area is 131 Å². The van der Waals surface area contributed by atoms with Gasteiger partial charge >= 0.3 is 0 Å². The summed E-state index contributed by atoms with van der Waals surface area (Å²) in [6.45, 7) is 15.2. The Morgan fingerprint density at radius 2 is 1.48 bits per heavy atom. The van der Waals surface area contributed by atoms with Crippen molar-refractivity contribution in [3.8, 4) is 0 Å². The molecule has 1 aromatic rings. The summed E-state index contributed by atoms with van der Waals surface area (Å²) in [5, 5.41) is 0. The molecule has 0 spiro atoms. The molecule has 1 heterocycles. The first-order valence-corrected chi connectivity index (χ1v) is 8.61. The van der Waals surface area contributed by atoms with E-state index in [-0.39, 0.29) is 0 Å². The molecule has 2 rings (SSSR count). The monoisotopic (exact) mass is 288 g/mol. The van der Waals surface area contributed by atoms with E-state index in [0.29, 0.717) is 0 Å². The van der Waals surface area contributed by atoms with Crippen molar-refractivity contribution in [1.29, 1.82) is 0 Å². The van der Waals surface area contributed by atoms with Crippen LogP contribution >= 0.6 is 0 Å². The van der Waals surface area contributed by atoms with Gasteiger partial charge in [0.2, 0.25) is 0 Å². The molecule has 1 aliphatic rings. The number of benzene rings is 1. The van der Waals surface area contributed by atoms with E-state index in [1.165, 1.54) is 56.8 Å². The van der Waals surface area contributed by atoms with Crippen molar-refractivity contribution in [2.45, 2.75) is 40.5 Å². The molecule has 0 aliphatic carbocycles. The molecule has 0 unspecified atom stereocenters. The quantitative estimate of drug-likeness (QED) is 0.779. The van der Waals surface area contributed by atoms with Crippen LogP contribution in [0.5, 0.6) is 0 Å². The standard InChI is InChI=1S/C19H32N2/c1-16(2)9-10-20-11-13-21(14-12-20)19-7-5-18(6-8-19)15-17(3)4/h5-8,16-17H,9-15H2,1-4H3. The predicted octanol–water partition coefficient (Wildman–Crippen LogP) is 4.05. The van der Waals surface area contributed by atoms with Gasteiger partial charge in [0.15, 0.2) is 0 Å². The highest BCUT2D eigenvalue weighted by molar-refractivity contribution is 5.48. The van der Waals surface area contributed by atoms with Crippen LogP contribution in [-0.2, 0) is 6.42 Å². The maximum Gasteiger partial charge on any atom is 0.0367 e. The molecule has 2 nitrogen and oxygen atoms in total. The Morgan fingerprint density at radius 1 is 0.857 bits per heavy atom. The second kappa shape index (κ2) is 7.84. The Balaban J connectivity index is 1.81. The number of anilines is 1. The highest BCUT2D eigenvalue weighted by Gasteiger charge is 2.17. The lowest BCUT2D eigenvalue weighted by Crippen LogP contribution is -2.46. The van der Waals surface area contributed by atoms with E-state index in [2.05, 4.69) is 61.8 Å². The van der Waals surface area contributed by atoms with Crippen LogP contribution in [0.15, 0.2) is 24.3 Å². The van der Waals surface area contributed by atoms with Gasteiger partial charge in [-0.05, 0) is 48.9 Å². The average Bonchev–Trinajstić information content (AvgIpc) is 2.46. The summed E-state index contributed by atoms with van der Waals surface area (Å²) in [4.78, 5) is 5.15.